The highest BCUT2D eigenvalue weighted by atomic mass is 19.1. The predicted octanol–water partition coefficient (Wildman–Crippen LogP) is 3.30. The average Bonchev–Trinajstić information content (AvgIpc) is 2.38. The summed E-state index contributed by atoms with van der Waals surface area (Å²) in [4.78, 5) is 0. The monoisotopic (exact) mass is 269 g/mol. The molecule has 0 aliphatic carbocycles. The van der Waals surface area contributed by atoms with Crippen LogP contribution in [0.2, 0.25) is 0 Å². The average molecular weight is 269 g/mol. The van der Waals surface area contributed by atoms with Crippen LogP contribution in [0.4, 0.5) is 4.39 Å². The van der Waals surface area contributed by atoms with E-state index < -0.39 is 0 Å². The molecule has 0 saturated carbocycles. The Kier molecular flexibility index (Phi) is 6.81. The van der Waals surface area contributed by atoms with Gasteiger partial charge in [-0.1, -0.05) is 13.0 Å². The van der Waals surface area contributed by atoms with Crippen LogP contribution in [0.25, 0.3) is 0 Å². The lowest BCUT2D eigenvalue weighted by molar-refractivity contribution is 0.0892. The van der Waals surface area contributed by atoms with Crippen LogP contribution in [0.1, 0.15) is 38.8 Å². The van der Waals surface area contributed by atoms with Crippen molar-refractivity contribution in [3.05, 3.63) is 29.6 Å². The van der Waals surface area contributed by atoms with Crippen LogP contribution < -0.4 is 10.1 Å². The Morgan fingerprint density at radius 1 is 1.32 bits per heavy atom. The Morgan fingerprint density at radius 2 is 2.05 bits per heavy atom. The molecular weight excluding hydrogens is 245 g/mol. The molecule has 0 radical (unpaired) electrons. The third-order valence-electron chi connectivity index (χ3n) is 2.89. The van der Waals surface area contributed by atoms with Crippen molar-refractivity contribution in [1.29, 1.82) is 0 Å². The number of methoxy groups -OCH3 is 1. The lowest BCUT2D eigenvalue weighted by atomic mass is 10.1. The molecule has 0 fully saturated rings. The smallest absolute Gasteiger partial charge is 0.165 e. The lowest BCUT2D eigenvalue weighted by Crippen LogP contribution is -2.20. The van der Waals surface area contributed by atoms with Crippen LogP contribution in [0.5, 0.6) is 5.75 Å². The van der Waals surface area contributed by atoms with Crippen LogP contribution in [0.3, 0.4) is 0 Å². The molecule has 0 bridgehead atoms. The summed E-state index contributed by atoms with van der Waals surface area (Å²) in [6.45, 7) is 7.34. The van der Waals surface area contributed by atoms with E-state index in [0.717, 1.165) is 18.5 Å². The number of halogens is 1. The number of hydrogen-bond acceptors (Lipinski definition) is 3. The van der Waals surface area contributed by atoms with Crippen LogP contribution in [0.15, 0.2) is 18.2 Å². The van der Waals surface area contributed by atoms with Crippen molar-refractivity contribution in [2.75, 3.05) is 20.3 Å². The van der Waals surface area contributed by atoms with Gasteiger partial charge in [0.05, 0.1) is 6.61 Å². The van der Waals surface area contributed by atoms with Gasteiger partial charge in [-0.3, -0.25) is 0 Å². The van der Waals surface area contributed by atoms with E-state index in [0.29, 0.717) is 6.61 Å². The molecule has 0 aromatic heterocycles. The molecule has 0 spiro atoms. The summed E-state index contributed by atoms with van der Waals surface area (Å²) in [5.41, 5.74) is 0.928. The second-order valence-corrected chi connectivity index (χ2v) is 4.75. The van der Waals surface area contributed by atoms with E-state index in [1.165, 1.54) is 6.07 Å². The van der Waals surface area contributed by atoms with Gasteiger partial charge >= 0.3 is 0 Å². The Balaban J connectivity index is 2.68. The first-order chi connectivity index (χ1) is 9.08. The predicted molar refractivity (Wildman–Crippen MR) is 75.1 cm³/mol. The quantitative estimate of drug-likeness (QED) is 0.785. The third-order valence-corrected chi connectivity index (χ3v) is 2.89. The van der Waals surface area contributed by atoms with Gasteiger partial charge in [-0.2, -0.15) is 0 Å². The van der Waals surface area contributed by atoms with E-state index >= 15 is 0 Å². The zero-order chi connectivity index (χ0) is 14.3. The molecule has 3 nitrogen and oxygen atoms in total. The standard InChI is InChI=1S/C15H24FNO2/c1-5-8-17-12(3)13-6-7-15(14(16)9-13)19-11(2)10-18-4/h6-7,9,11-12,17H,5,8,10H2,1-4H3. The van der Waals surface area contributed by atoms with Crippen LogP contribution in [-0.2, 0) is 4.74 Å². The van der Waals surface area contributed by atoms with Crippen molar-refractivity contribution in [3.8, 4) is 5.75 Å². The summed E-state index contributed by atoms with van der Waals surface area (Å²) in [7, 11) is 1.60. The summed E-state index contributed by atoms with van der Waals surface area (Å²) >= 11 is 0. The van der Waals surface area contributed by atoms with Crippen molar-refractivity contribution in [2.24, 2.45) is 0 Å². The Morgan fingerprint density at radius 3 is 2.63 bits per heavy atom. The highest BCUT2D eigenvalue weighted by molar-refractivity contribution is 5.31. The normalized spacial score (nSPS) is 14.2. The maximum absolute atomic E-state index is 13.9. The summed E-state index contributed by atoms with van der Waals surface area (Å²) in [6.07, 6.45) is 0.892. The summed E-state index contributed by atoms with van der Waals surface area (Å²) in [6, 6.07) is 5.24. The lowest BCUT2D eigenvalue weighted by Gasteiger charge is -2.17. The minimum atomic E-state index is -0.328. The molecule has 1 rings (SSSR count). The van der Waals surface area contributed by atoms with Crippen molar-refractivity contribution in [2.45, 2.75) is 39.3 Å². The summed E-state index contributed by atoms with van der Waals surface area (Å²) in [5, 5.41) is 3.33. The van der Waals surface area contributed by atoms with Gasteiger partial charge in [-0.05, 0) is 44.5 Å². The van der Waals surface area contributed by atoms with Crippen molar-refractivity contribution in [1.82, 2.24) is 5.32 Å². The summed E-state index contributed by atoms with van der Waals surface area (Å²) in [5.74, 6) is -0.0541. The molecule has 19 heavy (non-hydrogen) atoms. The molecule has 0 amide bonds. The molecule has 0 aliphatic rings. The molecule has 1 aromatic rings. The van der Waals surface area contributed by atoms with Crippen molar-refractivity contribution in [3.63, 3.8) is 0 Å². The van der Waals surface area contributed by atoms with Crippen molar-refractivity contribution < 1.29 is 13.9 Å². The molecule has 2 atom stereocenters. The van der Waals surface area contributed by atoms with Gasteiger partial charge < -0.3 is 14.8 Å². The minimum Gasteiger partial charge on any atom is -0.485 e. The first-order valence-electron chi connectivity index (χ1n) is 6.76. The second-order valence-electron chi connectivity index (χ2n) is 4.75. The fourth-order valence-electron chi connectivity index (χ4n) is 1.85. The largest absolute Gasteiger partial charge is 0.485 e. The zero-order valence-electron chi connectivity index (χ0n) is 12.2. The topological polar surface area (TPSA) is 30.5 Å². The van der Waals surface area contributed by atoms with Crippen LogP contribution in [0, 0.1) is 5.82 Å². The van der Waals surface area contributed by atoms with E-state index in [1.807, 2.05) is 19.9 Å². The van der Waals surface area contributed by atoms with Crippen molar-refractivity contribution >= 4 is 0 Å². The molecule has 4 heteroatoms. The summed E-state index contributed by atoms with van der Waals surface area (Å²) < 4.78 is 24.4. The van der Waals surface area contributed by atoms with Gasteiger partial charge in [-0.15, -0.1) is 0 Å². The highest BCUT2D eigenvalue weighted by Gasteiger charge is 2.11. The van der Waals surface area contributed by atoms with E-state index in [4.69, 9.17) is 9.47 Å². The maximum Gasteiger partial charge on any atom is 0.165 e. The van der Waals surface area contributed by atoms with Gasteiger partial charge in [0.1, 0.15) is 6.10 Å². The second kappa shape index (κ2) is 8.12. The molecule has 1 N–H and O–H groups in total. The first-order valence-corrected chi connectivity index (χ1v) is 6.76. The number of ether oxygens (including phenoxy) is 2. The number of hydrogen-bond donors (Lipinski definition) is 1. The third kappa shape index (κ3) is 5.17. The molecular formula is C15H24FNO2. The first kappa shape index (κ1) is 15.9. The number of rotatable bonds is 8. The van der Waals surface area contributed by atoms with Crippen LogP contribution in [-0.4, -0.2) is 26.4 Å². The Bertz CT molecular complexity index is 384. The zero-order valence-corrected chi connectivity index (χ0v) is 12.2. The molecule has 0 aliphatic heterocycles. The fourth-order valence-corrected chi connectivity index (χ4v) is 1.85. The molecule has 108 valence electrons. The molecule has 1 aromatic carbocycles. The van der Waals surface area contributed by atoms with E-state index in [-0.39, 0.29) is 23.7 Å². The molecule has 2 unspecified atom stereocenters. The van der Waals surface area contributed by atoms with Gasteiger partial charge in [-0.25, -0.2) is 4.39 Å². The Labute approximate surface area is 115 Å². The molecule has 0 heterocycles. The Hall–Kier alpha value is -1.13. The van der Waals surface area contributed by atoms with E-state index in [1.54, 1.807) is 13.2 Å². The van der Waals surface area contributed by atoms with Gasteiger partial charge in [0, 0.05) is 13.2 Å². The van der Waals surface area contributed by atoms with Gasteiger partial charge in [0.15, 0.2) is 11.6 Å². The van der Waals surface area contributed by atoms with E-state index in [9.17, 15) is 4.39 Å². The maximum atomic E-state index is 13.9. The minimum absolute atomic E-state index is 0.139. The van der Waals surface area contributed by atoms with Gasteiger partial charge in [0.25, 0.3) is 0 Å². The number of benzene rings is 1. The number of nitrogens with one attached hydrogen (secondary N) is 1. The fraction of sp³-hybridized carbons (Fsp3) is 0.600. The van der Waals surface area contributed by atoms with Crippen LogP contribution >= 0.6 is 0 Å². The van der Waals surface area contributed by atoms with E-state index in [2.05, 4.69) is 12.2 Å². The SMILES string of the molecule is CCCNC(C)c1ccc(OC(C)COC)c(F)c1. The van der Waals surface area contributed by atoms with Gasteiger partial charge in [0.2, 0.25) is 0 Å². The molecule has 0 saturated heterocycles. The highest BCUT2D eigenvalue weighted by Crippen LogP contribution is 2.23.